The predicted octanol–water partition coefficient (Wildman–Crippen LogP) is -2.45. The summed E-state index contributed by atoms with van der Waals surface area (Å²) in [5.74, 6) is 0. The number of halogens is 2. The Hall–Kier alpha value is 0.739. The van der Waals surface area contributed by atoms with Gasteiger partial charge in [0.2, 0.25) is 0 Å². The molecule has 0 radical (unpaired) electrons. The molecule has 1 aliphatic rings. The molecular weight excluding hydrogens is 428 g/mol. The molecule has 1 rings (SSSR count). The van der Waals surface area contributed by atoms with Crippen LogP contribution in [0.25, 0.3) is 5.32 Å². The first-order valence-corrected chi connectivity index (χ1v) is 11.8. The predicted molar refractivity (Wildman–Crippen MR) is 100 cm³/mol. The third kappa shape index (κ3) is 13.8. The van der Waals surface area contributed by atoms with Crippen LogP contribution in [0.1, 0.15) is 0 Å². The average molecular weight is 460 g/mol. The fraction of sp³-hybridized carbons (Fsp3) is 1.00. The van der Waals surface area contributed by atoms with E-state index in [4.69, 9.17) is 20.2 Å². The number of aliphatic hydroxyl groups excluding tert-OH is 4. The van der Waals surface area contributed by atoms with E-state index >= 15 is 0 Å². The molecule has 0 unspecified atom stereocenters. The zero-order valence-corrected chi connectivity index (χ0v) is 17.4. The summed E-state index contributed by atoms with van der Waals surface area (Å²) in [6.45, 7) is 3.24. The van der Waals surface area contributed by atoms with Crippen molar-refractivity contribution in [2.75, 3.05) is 65.7 Å². The maximum absolute atomic E-state index is 9.43. The summed E-state index contributed by atoms with van der Waals surface area (Å²) in [5.41, 5.74) is 0. The van der Waals surface area contributed by atoms with Crippen molar-refractivity contribution in [2.24, 2.45) is 0 Å². The molecule has 0 aromatic heterocycles. The van der Waals surface area contributed by atoms with Gasteiger partial charge in [-0.2, -0.15) is 0 Å². The molecule has 1 aliphatic heterocycles. The zero-order valence-electron chi connectivity index (χ0n) is 14.8. The summed E-state index contributed by atoms with van der Waals surface area (Å²) in [6.07, 6.45) is 0. The van der Waals surface area contributed by atoms with Crippen LogP contribution in [-0.2, 0) is 13.1 Å². The molecule has 0 aliphatic carbocycles. The van der Waals surface area contributed by atoms with Gasteiger partial charge in [-0.1, -0.05) is 6.04 Å². The van der Waals surface area contributed by atoms with Crippen LogP contribution in [0.3, 0.4) is 0 Å². The molecule has 9 nitrogen and oxygen atoms in total. The van der Waals surface area contributed by atoms with Crippen LogP contribution in [0.5, 0.6) is 0 Å². The van der Waals surface area contributed by atoms with Gasteiger partial charge in [0.05, 0.1) is 19.8 Å². The van der Waals surface area contributed by atoms with Crippen molar-refractivity contribution in [3.8, 4) is 0 Å². The summed E-state index contributed by atoms with van der Waals surface area (Å²) < 4.78 is 0. The molecule has 12 heteroatoms. The van der Waals surface area contributed by atoms with Crippen LogP contribution in [0.15, 0.2) is 0 Å². The summed E-state index contributed by atoms with van der Waals surface area (Å²) in [4.78, 5) is 0. The van der Waals surface area contributed by atoms with E-state index in [0.717, 1.165) is 0 Å². The van der Waals surface area contributed by atoms with E-state index in [0.29, 0.717) is 39.3 Å². The normalized spacial score (nSPS) is 29.8. The number of hydrogen-bond donors (Lipinski definition) is 8. The van der Waals surface area contributed by atoms with E-state index in [1.54, 1.807) is 0 Å². The fourth-order valence-electron chi connectivity index (χ4n) is 2.30. The first kappa shape index (κ1) is 26.7. The molecule has 26 heavy (non-hydrogen) atoms. The number of aliphatic hydroxyl groups is 4. The van der Waals surface area contributed by atoms with Gasteiger partial charge >= 0.3 is 33.3 Å². The molecule has 4 atom stereocenters. The first-order valence-electron chi connectivity index (χ1n) is 8.52. The van der Waals surface area contributed by atoms with Crippen LogP contribution in [-0.4, -0.2) is 110 Å². The van der Waals surface area contributed by atoms with Crippen molar-refractivity contribution < 1.29 is 33.6 Å². The van der Waals surface area contributed by atoms with Crippen LogP contribution >= 0.6 is 20.2 Å². The monoisotopic (exact) mass is 459 g/mol. The van der Waals surface area contributed by atoms with Gasteiger partial charge in [0.15, 0.2) is 0 Å². The van der Waals surface area contributed by atoms with E-state index in [1.165, 1.54) is 0 Å². The van der Waals surface area contributed by atoms with Gasteiger partial charge in [-0.15, -0.1) is 6.54 Å². The molecular formula is C14H32Cl2MnN5O4-. The summed E-state index contributed by atoms with van der Waals surface area (Å²) in [5, 5.41) is 54.8. The van der Waals surface area contributed by atoms with Crippen LogP contribution in [0, 0.1) is 0 Å². The number of hydrogen-bond acceptors (Lipinski definition) is 8. The number of nitrogens with zero attached hydrogens (tertiary/aromatic N) is 1. The Balaban J connectivity index is 0.00000194. The minimum atomic E-state index is -0.212. The van der Waals surface area contributed by atoms with Crippen LogP contribution in [0.2, 0.25) is 0 Å². The molecule has 0 bridgehead atoms. The Bertz CT molecular complexity index is 291. The Morgan fingerprint density at radius 3 is 1.85 bits per heavy atom. The molecule has 0 amide bonds. The molecule has 1 saturated heterocycles. The molecule has 159 valence electrons. The molecule has 0 aromatic rings. The van der Waals surface area contributed by atoms with Crippen LogP contribution in [0.4, 0.5) is 0 Å². The second kappa shape index (κ2) is 19.1. The van der Waals surface area contributed by atoms with Gasteiger partial charge < -0.3 is 47.0 Å². The molecule has 1 heterocycles. The standard InChI is InChI=1S/C14H32N5O4.2ClH.Mn/c20-7-11-3-15-1-2-16-12(8-21)4-18-14(10-23)6-19-13(9-22)5-17-11;;;/h11-16,18-23H,1-10H2;2*1H;/q-1;;;+2/p-2/t11-,12+,13+,14-;;;/m0.../s1. The topological polar surface area (TPSA) is 143 Å². The van der Waals surface area contributed by atoms with E-state index in [2.05, 4.69) is 26.6 Å². The van der Waals surface area contributed by atoms with E-state index in [-0.39, 0.29) is 63.7 Å². The van der Waals surface area contributed by atoms with Gasteiger partial charge in [0.25, 0.3) is 0 Å². The number of rotatable bonds is 4. The second-order valence-corrected chi connectivity index (χ2v) is 7.82. The Kier molecular flexibility index (Phi) is 19.6. The zero-order chi connectivity index (χ0) is 19.6. The van der Waals surface area contributed by atoms with Gasteiger partial charge in [0, 0.05) is 50.9 Å². The van der Waals surface area contributed by atoms with Gasteiger partial charge in [-0.05, 0) is 6.54 Å². The Labute approximate surface area is 170 Å². The van der Waals surface area contributed by atoms with E-state index in [1.807, 2.05) is 0 Å². The maximum atomic E-state index is 9.43. The molecule has 1 fully saturated rings. The van der Waals surface area contributed by atoms with Crippen molar-refractivity contribution >= 4 is 20.2 Å². The second-order valence-electron chi connectivity index (χ2n) is 5.87. The molecule has 0 spiro atoms. The van der Waals surface area contributed by atoms with E-state index < -0.39 is 0 Å². The van der Waals surface area contributed by atoms with Crippen molar-refractivity contribution in [3.63, 3.8) is 0 Å². The first-order chi connectivity index (χ1) is 12.6. The van der Waals surface area contributed by atoms with Crippen LogP contribution < -0.4 is 21.3 Å². The van der Waals surface area contributed by atoms with Gasteiger partial charge in [-0.3, -0.25) is 0 Å². The SMILES string of the molecule is OC[C@@H]1CNCCN[C@@H](CO)CN[C@H](CO)CN[C@@H](CO)C[N-]1.[Cl][Mn][Cl]. The van der Waals surface area contributed by atoms with Gasteiger partial charge in [-0.25, -0.2) is 0 Å². The van der Waals surface area contributed by atoms with Gasteiger partial charge in [0.1, 0.15) is 0 Å². The van der Waals surface area contributed by atoms with Crippen molar-refractivity contribution in [2.45, 2.75) is 24.2 Å². The Morgan fingerprint density at radius 1 is 0.769 bits per heavy atom. The minimum absolute atomic E-state index is 0.00639. The van der Waals surface area contributed by atoms with Crippen molar-refractivity contribution in [3.05, 3.63) is 5.32 Å². The molecule has 0 saturated carbocycles. The quantitative estimate of drug-likeness (QED) is 0.216. The third-order valence-corrected chi connectivity index (χ3v) is 3.88. The molecule has 0 aromatic carbocycles. The summed E-state index contributed by atoms with van der Waals surface area (Å²) in [7, 11) is 9.59. The third-order valence-electron chi connectivity index (χ3n) is 3.88. The average Bonchev–Trinajstić information content (AvgIpc) is 2.66. The summed E-state index contributed by atoms with van der Waals surface area (Å²) in [6, 6.07) is -0.687. The van der Waals surface area contributed by atoms with Crippen molar-refractivity contribution in [1.82, 2.24) is 21.3 Å². The molecule has 8 N–H and O–H groups in total. The van der Waals surface area contributed by atoms with E-state index in [9.17, 15) is 20.4 Å². The van der Waals surface area contributed by atoms with Crippen molar-refractivity contribution in [1.29, 1.82) is 0 Å². The summed E-state index contributed by atoms with van der Waals surface area (Å²) >= 11 is 0.00694. The number of nitrogens with one attached hydrogen (secondary N) is 4. The fourth-order valence-corrected chi connectivity index (χ4v) is 2.30. The Morgan fingerprint density at radius 2 is 1.31 bits per heavy atom.